The normalized spacial score (nSPS) is 14.6. The van der Waals surface area contributed by atoms with E-state index in [2.05, 4.69) is 21.5 Å². The van der Waals surface area contributed by atoms with Crippen molar-refractivity contribution in [1.29, 1.82) is 0 Å². The molecule has 0 saturated carbocycles. The maximum absolute atomic E-state index is 10.5. The number of nitrogens with zero attached hydrogens (tertiary/aromatic N) is 1. The van der Waals surface area contributed by atoms with Gasteiger partial charge in [0.05, 0.1) is 13.1 Å². The zero-order valence-electron chi connectivity index (χ0n) is 11.9. The van der Waals surface area contributed by atoms with Crippen LogP contribution in [-0.4, -0.2) is 31.2 Å². The van der Waals surface area contributed by atoms with Gasteiger partial charge in [0.25, 0.3) is 0 Å². The molecule has 0 saturated heterocycles. The van der Waals surface area contributed by atoms with E-state index in [1.807, 2.05) is 19.9 Å². The standard InChI is InChI=1S/C14H21N3O2/c1-6-7-16-13(15-5)17-9-14(4,18)12-8-10(2)19-11(12)3/h1,8,18H,7,9H2,2-5H3,(H2,15,16,17). The van der Waals surface area contributed by atoms with Gasteiger partial charge in [0.15, 0.2) is 5.96 Å². The van der Waals surface area contributed by atoms with Crippen molar-refractivity contribution in [3.63, 3.8) is 0 Å². The average Bonchev–Trinajstić information content (AvgIpc) is 2.69. The minimum absolute atomic E-state index is 0.303. The summed E-state index contributed by atoms with van der Waals surface area (Å²) < 4.78 is 5.44. The molecular formula is C14H21N3O2. The zero-order chi connectivity index (χ0) is 14.5. The Bertz CT molecular complexity index is 495. The summed E-state index contributed by atoms with van der Waals surface area (Å²) in [5.74, 6) is 4.51. The minimum atomic E-state index is -1.05. The van der Waals surface area contributed by atoms with Gasteiger partial charge in [-0.15, -0.1) is 6.42 Å². The van der Waals surface area contributed by atoms with E-state index in [1.165, 1.54) is 0 Å². The molecule has 1 rings (SSSR count). The van der Waals surface area contributed by atoms with Gasteiger partial charge >= 0.3 is 0 Å². The Labute approximate surface area is 114 Å². The average molecular weight is 263 g/mol. The molecule has 19 heavy (non-hydrogen) atoms. The number of hydrogen-bond acceptors (Lipinski definition) is 3. The Kier molecular flexibility index (Phi) is 5.02. The lowest BCUT2D eigenvalue weighted by Crippen LogP contribution is -2.44. The number of guanidine groups is 1. The molecule has 1 aromatic heterocycles. The number of furan rings is 1. The number of aliphatic imine (C=N–C) groups is 1. The monoisotopic (exact) mass is 263 g/mol. The second-order valence-electron chi connectivity index (χ2n) is 4.58. The van der Waals surface area contributed by atoms with Gasteiger partial charge in [-0.25, -0.2) is 0 Å². The molecular weight excluding hydrogens is 242 g/mol. The molecule has 0 aliphatic carbocycles. The van der Waals surface area contributed by atoms with Crippen molar-refractivity contribution < 1.29 is 9.52 Å². The molecule has 1 heterocycles. The highest BCUT2D eigenvalue weighted by Crippen LogP contribution is 2.26. The van der Waals surface area contributed by atoms with Gasteiger partial charge in [-0.2, -0.15) is 0 Å². The molecule has 0 radical (unpaired) electrons. The lowest BCUT2D eigenvalue weighted by atomic mass is 9.96. The van der Waals surface area contributed by atoms with Gasteiger partial charge in [0, 0.05) is 12.6 Å². The number of aliphatic hydroxyl groups is 1. The first-order valence-corrected chi connectivity index (χ1v) is 6.08. The van der Waals surface area contributed by atoms with Crippen molar-refractivity contribution in [1.82, 2.24) is 10.6 Å². The molecule has 104 valence electrons. The highest BCUT2D eigenvalue weighted by Gasteiger charge is 2.27. The van der Waals surface area contributed by atoms with E-state index in [0.717, 1.165) is 17.1 Å². The fourth-order valence-electron chi connectivity index (χ4n) is 1.87. The second-order valence-corrected chi connectivity index (χ2v) is 4.58. The predicted molar refractivity (Wildman–Crippen MR) is 76.0 cm³/mol. The zero-order valence-corrected chi connectivity index (χ0v) is 11.9. The highest BCUT2D eigenvalue weighted by molar-refractivity contribution is 5.79. The van der Waals surface area contributed by atoms with Crippen LogP contribution in [-0.2, 0) is 5.60 Å². The summed E-state index contributed by atoms with van der Waals surface area (Å²) >= 11 is 0. The minimum Gasteiger partial charge on any atom is -0.466 e. The van der Waals surface area contributed by atoms with E-state index in [0.29, 0.717) is 19.0 Å². The molecule has 0 aromatic carbocycles. The molecule has 5 heteroatoms. The Morgan fingerprint density at radius 1 is 1.53 bits per heavy atom. The summed E-state index contributed by atoms with van der Waals surface area (Å²) in [6.45, 7) is 6.10. The third kappa shape index (κ3) is 4.04. The number of terminal acetylenes is 1. The molecule has 0 spiro atoms. The third-order valence-electron chi connectivity index (χ3n) is 2.80. The van der Waals surface area contributed by atoms with E-state index >= 15 is 0 Å². The molecule has 1 unspecified atom stereocenters. The number of aryl methyl sites for hydroxylation is 2. The summed E-state index contributed by atoms with van der Waals surface area (Å²) in [5, 5.41) is 16.5. The first-order chi connectivity index (χ1) is 8.90. The van der Waals surface area contributed by atoms with Gasteiger partial charge < -0.3 is 20.2 Å². The summed E-state index contributed by atoms with van der Waals surface area (Å²) in [6, 6.07) is 1.84. The summed E-state index contributed by atoms with van der Waals surface area (Å²) in [6.07, 6.45) is 5.17. The Balaban J connectivity index is 2.70. The Hall–Kier alpha value is -1.93. The molecule has 3 N–H and O–H groups in total. The van der Waals surface area contributed by atoms with Crippen molar-refractivity contribution in [3.8, 4) is 12.3 Å². The summed E-state index contributed by atoms with van der Waals surface area (Å²) in [4.78, 5) is 4.01. The quantitative estimate of drug-likeness (QED) is 0.429. The maximum Gasteiger partial charge on any atom is 0.191 e. The molecule has 0 amide bonds. The van der Waals surface area contributed by atoms with Gasteiger partial charge in [-0.05, 0) is 26.8 Å². The fourth-order valence-corrected chi connectivity index (χ4v) is 1.87. The van der Waals surface area contributed by atoms with E-state index in [1.54, 1.807) is 14.0 Å². The van der Waals surface area contributed by atoms with E-state index in [9.17, 15) is 5.11 Å². The van der Waals surface area contributed by atoms with Gasteiger partial charge in [0.1, 0.15) is 17.1 Å². The Morgan fingerprint density at radius 3 is 2.68 bits per heavy atom. The van der Waals surface area contributed by atoms with Crippen LogP contribution in [0.25, 0.3) is 0 Å². The number of rotatable bonds is 4. The van der Waals surface area contributed by atoms with Crippen molar-refractivity contribution in [3.05, 3.63) is 23.2 Å². The van der Waals surface area contributed by atoms with Crippen LogP contribution in [0.1, 0.15) is 24.0 Å². The lowest BCUT2D eigenvalue weighted by molar-refractivity contribution is 0.0602. The SMILES string of the molecule is C#CCNC(=NC)NCC(C)(O)c1cc(C)oc1C. The van der Waals surface area contributed by atoms with Crippen molar-refractivity contribution in [2.45, 2.75) is 26.4 Å². The van der Waals surface area contributed by atoms with Crippen molar-refractivity contribution in [2.75, 3.05) is 20.1 Å². The molecule has 0 aliphatic rings. The van der Waals surface area contributed by atoms with Gasteiger partial charge in [0.2, 0.25) is 0 Å². The van der Waals surface area contributed by atoms with Gasteiger partial charge in [-0.1, -0.05) is 5.92 Å². The number of nitrogens with one attached hydrogen (secondary N) is 2. The maximum atomic E-state index is 10.5. The largest absolute Gasteiger partial charge is 0.466 e. The molecule has 5 nitrogen and oxygen atoms in total. The lowest BCUT2D eigenvalue weighted by Gasteiger charge is -2.24. The topological polar surface area (TPSA) is 69.8 Å². The van der Waals surface area contributed by atoms with E-state index in [4.69, 9.17) is 10.8 Å². The van der Waals surface area contributed by atoms with Crippen LogP contribution in [0.5, 0.6) is 0 Å². The van der Waals surface area contributed by atoms with Crippen LogP contribution in [0.2, 0.25) is 0 Å². The van der Waals surface area contributed by atoms with Crippen molar-refractivity contribution in [2.24, 2.45) is 4.99 Å². The molecule has 1 atom stereocenters. The molecule has 1 aromatic rings. The van der Waals surface area contributed by atoms with Crippen LogP contribution in [0, 0.1) is 26.2 Å². The fraction of sp³-hybridized carbons (Fsp3) is 0.500. The van der Waals surface area contributed by atoms with Crippen LogP contribution in [0.4, 0.5) is 0 Å². The van der Waals surface area contributed by atoms with E-state index < -0.39 is 5.60 Å². The van der Waals surface area contributed by atoms with Crippen LogP contribution in [0.3, 0.4) is 0 Å². The van der Waals surface area contributed by atoms with E-state index in [-0.39, 0.29) is 0 Å². The second kappa shape index (κ2) is 6.30. The predicted octanol–water partition coefficient (Wildman–Crippen LogP) is 0.902. The van der Waals surface area contributed by atoms with Crippen LogP contribution in [0.15, 0.2) is 15.5 Å². The third-order valence-corrected chi connectivity index (χ3v) is 2.80. The summed E-state index contributed by atoms with van der Waals surface area (Å²) in [7, 11) is 1.65. The van der Waals surface area contributed by atoms with Gasteiger partial charge in [-0.3, -0.25) is 4.99 Å². The van der Waals surface area contributed by atoms with Crippen molar-refractivity contribution >= 4 is 5.96 Å². The summed E-state index contributed by atoms with van der Waals surface area (Å²) in [5.41, 5.74) is -0.278. The number of hydrogen-bond donors (Lipinski definition) is 3. The molecule has 0 fully saturated rings. The Morgan fingerprint density at radius 2 is 2.21 bits per heavy atom. The molecule has 0 aliphatic heterocycles. The highest BCUT2D eigenvalue weighted by atomic mass is 16.3. The van der Waals surface area contributed by atoms with Crippen LogP contribution >= 0.6 is 0 Å². The van der Waals surface area contributed by atoms with Crippen LogP contribution < -0.4 is 10.6 Å². The molecule has 0 bridgehead atoms. The first-order valence-electron chi connectivity index (χ1n) is 6.08. The smallest absolute Gasteiger partial charge is 0.191 e. The first kappa shape index (κ1) is 15.1.